The summed E-state index contributed by atoms with van der Waals surface area (Å²) in [7, 11) is 2.14. The van der Waals surface area contributed by atoms with Crippen LogP contribution in [-0.4, -0.2) is 64.4 Å². The molecule has 2 N–H and O–H groups in total. The molecule has 0 amide bonds. The molecule has 1 aliphatic heterocycles. The van der Waals surface area contributed by atoms with Gasteiger partial charge in [-0.1, -0.05) is 12.1 Å². The smallest absolute Gasteiger partial charge is 0.258 e. The Balaban J connectivity index is 1.43. The molecule has 8 nitrogen and oxygen atoms in total. The summed E-state index contributed by atoms with van der Waals surface area (Å²) < 4.78 is 0. The van der Waals surface area contributed by atoms with Gasteiger partial charge in [-0.15, -0.1) is 0 Å². The Bertz CT molecular complexity index is 1440. The van der Waals surface area contributed by atoms with Gasteiger partial charge in [0.1, 0.15) is 0 Å². The lowest BCUT2D eigenvalue weighted by Crippen LogP contribution is -2.44. The zero-order chi connectivity index (χ0) is 24.2. The van der Waals surface area contributed by atoms with E-state index in [0.717, 1.165) is 43.1 Å². The molecular weight excluding hydrogens is 440 g/mol. The molecule has 4 aromatic rings. The van der Waals surface area contributed by atoms with E-state index in [1.54, 1.807) is 30.9 Å². The average molecular weight is 467 g/mol. The van der Waals surface area contributed by atoms with Gasteiger partial charge in [0, 0.05) is 61.2 Å². The Morgan fingerprint density at radius 1 is 1.00 bits per heavy atom. The van der Waals surface area contributed by atoms with E-state index in [1.807, 2.05) is 36.4 Å². The Morgan fingerprint density at radius 2 is 1.80 bits per heavy atom. The number of anilines is 1. The fraction of sp³-hybridized carbons (Fsp3) is 0.185. The minimum absolute atomic E-state index is 0.213. The minimum atomic E-state index is -0.351. The van der Waals surface area contributed by atoms with Crippen molar-refractivity contribution in [2.45, 2.75) is 0 Å². The zero-order valence-electron chi connectivity index (χ0n) is 19.4. The first-order valence-corrected chi connectivity index (χ1v) is 11.5. The predicted octanol–water partition coefficient (Wildman–Crippen LogP) is 3.70. The molecule has 0 spiro atoms. The lowest BCUT2D eigenvalue weighted by atomic mass is 10.0. The minimum Gasteiger partial charge on any atom is -0.494 e. The van der Waals surface area contributed by atoms with Crippen molar-refractivity contribution in [2.75, 3.05) is 38.1 Å². The number of H-pyrrole nitrogens is 1. The number of aliphatic imine (C=N–C) groups is 1. The van der Waals surface area contributed by atoms with Gasteiger partial charge in [0.25, 0.3) is 5.56 Å². The van der Waals surface area contributed by atoms with E-state index in [1.165, 1.54) is 5.69 Å². The Hall–Kier alpha value is -4.30. The summed E-state index contributed by atoms with van der Waals surface area (Å²) in [6, 6.07) is 13.5. The standard InChI is InChI=1S/C27H26N6O2/c1-32-12-14-33(15-13-32)22-7-5-20(6-8-22)30-18-25-24-16-19(2-4-21-17-28-10-11-29-21)3-9-23(24)26(34)31-27(25)35/h2-11,16-18H,12-15H2,1H3,(H2,31,34,35)/b4-2+,30-18?. The molecule has 0 unspecified atom stereocenters. The number of nitrogens with one attached hydrogen (secondary N) is 1. The van der Waals surface area contributed by atoms with Crippen molar-refractivity contribution in [1.29, 1.82) is 0 Å². The van der Waals surface area contributed by atoms with Crippen molar-refractivity contribution in [1.82, 2.24) is 19.9 Å². The van der Waals surface area contributed by atoms with Crippen molar-refractivity contribution in [3.8, 4) is 5.88 Å². The second kappa shape index (κ2) is 9.90. The van der Waals surface area contributed by atoms with Crippen LogP contribution in [0.5, 0.6) is 5.88 Å². The van der Waals surface area contributed by atoms with E-state index in [-0.39, 0.29) is 11.4 Å². The summed E-state index contributed by atoms with van der Waals surface area (Å²) >= 11 is 0. The number of rotatable bonds is 5. The fourth-order valence-corrected chi connectivity index (χ4v) is 4.12. The van der Waals surface area contributed by atoms with Gasteiger partial charge in [-0.2, -0.15) is 0 Å². The molecule has 2 aromatic heterocycles. The van der Waals surface area contributed by atoms with Crippen LogP contribution >= 0.6 is 0 Å². The Kier molecular flexibility index (Phi) is 6.36. The zero-order valence-corrected chi connectivity index (χ0v) is 19.4. The van der Waals surface area contributed by atoms with Crippen LogP contribution in [0, 0.1) is 0 Å². The van der Waals surface area contributed by atoms with E-state index in [2.05, 4.69) is 48.9 Å². The maximum atomic E-state index is 12.4. The van der Waals surface area contributed by atoms with Crippen molar-refractivity contribution in [3.63, 3.8) is 0 Å². The molecule has 176 valence electrons. The highest BCUT2D eigenvalue weighted by molar-refractivity contribution is 6.02. The van der Waals surface area contributed by atoms with E-state index in [9.17, 15) is 9.90 Å². The average Bonchev–Trinajstić information content (AvgIpc) is 2.89. The van der Waals surface area contributed by atoms with Gasteiger partial charge in [-0.05, 0) is 55.1 Å². The van der Waals surface area contributed by atoms with Gasteiger partial charge in [-0.3, -0.25) is 24.7 Å². The highest BCUT2D eigenvalue weighted by Crippen LogP contribution is 2.25. The molecule has 0 radical (unpaired) electrons. The maximum absolute atomic E-state index is 12.4. The molecular formula is C27H26N6O2. The monoisotopic (exact) mass is 466 g/mol. The summed E-state index contributed by atoms with van der Waals surface area (Å²) in [6.07, 6.45) is 10.2. The quantitative estimate of drug-likeness (QED) is 0.436. The molecule has 35 heavy (non-hydrogen) atoms. The maximum Gasteiger partial charge on any atom is 0.258 e. The van der Waals surface area contributed by atoms with E-state index >= 15 is 0 Å². The number of benzene rings is 2. The van der Waals surface area contributed by atoms with Gasteiger partial charge in [0.15, 0.2) is 0 Å². The molecule has 0 bridgehead atoms. The topological polar surface area (TPSA) is 97.7 Å². The molecule has 5 rings (SSSR count). The van der Waals surface area contributed by atoms with Crippen LogP contribution in [0.15, 0.2) is 70.8 Å². The second-order valence-electron chi connectivity index (χ2n) is 8.55. The normalized spacial score (nSPS) is 14.9. The third kappa shape index (κ3) is 5.12. The van der Waals surface area contributed by atoms with Gasteiger partial charge in [-0.25, -0.2) is 0 Å². The van der Waals surface area contributed by atoms with Gasteiger partial charge in [0.2, 0.25) is 5.88 Å². The number of piperazine rings is 1. The molecule has 2 aromatic carbocycles. The lowest BCUT2D eigenvalue weighted by Gasteiger charge is -2.34. The van der Waals surface area contributed by atoms with Crippen molar-refractivity contribution in [3.05, 3.63) is 88.2 Å². The first-order valence-electron chi connectivity index (χ1n) is 11.5. The summed E-state index contributed by atoms with van der Waals surface area (Å²) in [5, 5.41) is 11.6. The number of pyridine rings is 1. The second-order valence-corrected chi connectivity index (χ2v) is 8.55. The Labute approximate surface area is 202 Å². The third-order valence-electron chi connectivity index (χ3n) is 6.16. The van der Waals surface area contributed by atoms with Crippen LogP contribution in [0.3, 0.4) is 0 Å². The number of aromatic amines is 1. The fourth-order valence-electron chi connectivity index (χ4n) is 4.12. The first-order chi connectivity index (χ1) is 17.1. The SMILES string of the molecule is CN1CCN(c2ccc(N=Cc3c(O)[nH]c(=O)c4ccc(/C=C/c5cnccn5)cc34)cc2)CC1. The number of likely N-dealkylation sites (N-methyl/N-ethyl adjacent to an activating group) is 1. The van der Waals surface area contributed by atoms with E-state index in [0.29, 0.717) is 16.3 Å². The molecule has 1 saturated heterocycles. The van der Waals surface area contributed by atoms with Crippen LogP contribution in [0.2, 0.25) is 0 Å². The third-order valence-corrected chi connectivity index (χ3v) is 6.16. The largest absolute Gasteiger partial charge is 0.494 e. The molecule has 3 heterocycles. The first kappa shape index (κ1) is 22.5. The van der Waals surface area contributed by atoms with Gasteiger partial charge >= 0.3 is 0 Å². The number of aromatic nitrogens is 3. The van der Waals surface area contributed by atoms with E-state index < -0.39 is 0 Å². The Morgan fingerprint density at radius 3 is 2.54 bits per heavy atom. The van der Waals surface area contributed by atoms with Gasteiger partial charge in [0.05, 0.1) is 23.1 Å². The molecule has 0 saturated carbocycles. The number of hydrogen-bond acceptors (Lipinski definition) is 7. The van der Waals surface area contributed by atoms with Crippen LogP contribution < -0.4 is 10.5 Å². The summed E-state index contributed by atoms with van der Waals surface area (Å²) in [4.78, 5) is 32.5. The molecule has 0 atom stereocenters. The van der Waals surface area contributed by atoms with Crippen LogP contribution in [0.4, 0.5) is 11.4 Å². The van der Waals surface area contributed by atoms with Crippen LogP contribution in [0.25, 0.3) is 22.9 Å². The summed E-state index contributed by atoms with van der Waals surface area (Å²) in [5.74, 6) is -0.213. The van der Waals surface area contributed by atoms with Crippen molar-refractivity contribution in [2.24, 2.45) is 4.99 Å². The molecule has 8 heteroatoms. The highest BCUT2D eigenvalue weighted by atomic mass is 16.3. The highest BCUT2D eigenvalue weighted by Gasteiger charge is 2.14. The number of hydrogen-bond donors (Lipinski definition) is 2. The van der Waals surface area contributed by atoms with E-state index in [4.69, 9.17) is 0 Å². The summed E-state index contributed by atoms with van der Waals surface area (Å²) in [5.41, 5.74) is 3.63. The van der Waals surface area contributed by atoms with Crippen LogP contribution in [0.1, 0.15) is 16.8 Å². The molecule has 1 fully saturated rings. The van der Waals surface area contributed by atoms with Crippen molar-refractivity contribution < 1.29 is 5.11 Å². The van der Waals surface area contributed by atoms with Crippen molar-refractivity contribution >= 4 is 40.5 Å². The van der Waals surface area contributed by atoms with Crippen LogP contribution in [-0.2, 0) is 0 Å². The lowest BCUT2D eigenvalue weighted by molar-refractivity contribution is 0.313. The number of fused-ring (bicyclic) bond motifs is 1. The number of nitrogens with zero attached hydrogens (tertiary/aromatic N) is 5. The van der Waals surface area contributed by atoms with Gasteiger partial charge < -0.3 is 14.9 Å². The summed E-state index contributed by atoms with van der Waals surface area (Å²) in [6.45, 7) is 4.11. The number of aromatic hydroxyl groups is 1. The predicted molar refractivity (Wildman–Crippen MR) is 141 cm³/mol. The molecule has 1 aliphatic rings. The molecule has 0 aliphatic carbocycles.